The number of hydrogen-bond acceptors (Lipinski definition) is 4. The fourth-order valence-electron chi connectivity index (χ4n) is 1.71. The smallest absolute Gasteiger partial charge is 0.407 e. The highest BCUT2D eigenvalue weighted by atomic mass is 35.5. The Hall–Kier alpha value is -1.56. The first-order chi connectivity index (χ1) is 7.49. The standard InChI is InChI=1S/C9H11ClN4O2/c1-13(2)7-5-3-14(9(15)16)4-6(5)11-8(10)12-7/h3-4H2,1-2H3,(H,15,16). The summed E-state index contributed by atoms with van der Waals surface area (Å²) in [5, 5.41) is 9.06. The molecular formula is C9H11ClN4O2. The summed E-state index contributed by atoms with van der Waals surface area (Å²) in [7, 11) is 3.67. The van der Waals surface area contributed by atoms with E-state index in [1.807, 2.05) is 14.1 Å². The van der Waals surface area contributed by atoms with Crippen molar-refractivity contribution in [3.05, 3.63) is 16.5 Å². The van der Waals surface area contributed by atoms with Crippen LogP contribution in [0.2, 0.25) is 5.28 Å². The predicted molar refractivity (Wildman–Crippen MR) is 58.6 cm³/mol. The van der Waals surface area contributed by atoms with Crippen molar-refractivity contribution in [2.45, 2.75) is 13.1 Å². The van der Waals surface area contributed by atoms with Crippen LogP contribution in [0.15, 0.2) is 0 Å². The van der Waals surface area contributed by atoms with Crippen molar-refractivity contribution in [2.24, 2.45) is 0 Å². The third-order valence-electron chi connectivity index (χ3n) is 2.43. The molecule has 0 unspecified atom stereocenters. The van der Waals surface area contributed by atoms with Gasteiger partial charge in [-0.2, -0.15) is 0 Å². The van der Waals surface area contributed by atoms with E-state index in [0.29, 0.717) is 18.1 Å². The minimum atomic E-state index is -0.959. The van der Waals surface area contributed by atoms with E-state index >= 15 is 0 Å². The molecule has 1 aliphatic heterocycles. The number of anilines is 1. The Kier molecular flexibility index (Phi) is 2.59. The lowest BCUT2D eigenvalue weighted by Gasteiger charge is -2.15. The molecule has 2 heterocycles. The second kappa shape index (κ2) is 3.79. The molecule has 0 saturated carbocycles. The first kappa shape index (κ1) is 10.9. The van der Waals surface area contributed by atoms with Gasteiger partial charge in [-0.1, -0.05) is 0 Å². The lowest BCUT2D eigenvalue weighted by molar-refractivity contribution is 0.145. The largest absolute Gasteiger partial charge is 0.465 e. The monoisotopic (exact) mass is 242 g/mol. The predicted octanol–water partition coefficient (Wildman–Crippen LogP) is 1.19. The molecule has 1 amide bonds. The van der Waals surface area contributed by atoms with Crippen LogP contribution in [0.25, 0.3) is 0 Å². The molecule has 0 saturated heterocycles. The Labute approximate surface area is 97.5 Å². The van der Waals surface area contributed by atoms with Crippen LogP contribution < -0.4 is 4.90 Å². The fourth-order valence-corrected chi connectivity index (χ4v) is 1.90. The number of carboxylic acid groups (broad SMARTS) is 1. The van der Waals surface area contributed by atoms with Crippen molar-refractivity contribution in [3.8, 4) is 0 Å². The molecule has 0 fully saturated rings. The van der Waals surface area contributed by atoms with Gasteiger partial charge in [-0.25, -0.2) is 14.8 Å². The average Bonchev–Trinajstić information content (AvgIpc) is 2.59. The number of amides is 1. The van der Waals surface area contributed by atoms with Gasteiger partial charge in [-0.15, -0.1) is 0 Å². The van der Waals surface area contributed by atoms with Crippen molar-refractivity contribution >= 4 is 23.5 Å². The van der Waals surface area contributed by atoms with E-state index in [2.05, 4.69) is 9.97 Å². The van der Waals surface area contributed by atoms with Gasteiger partial charge in [0.05, 0.1) is 18.8 Å². The van der Waals surface area contributed by atoms with Gasteiger partial charge in [0.25, 0.3) is 0 Å². The molecule has 0 atom stereocenters. The van der Waals surface area contributed by atoms with Crippen LogP contribution >= 0.6 is 11.6 Å². The molecule has 0 radical (unpaired) electrons. The number of fused-ring (bicyclic) bond motifs is 1. The number of nitrogens with zero attached hydrogens (tertiary/aromatic N) is 4. The van der Waals surface area contributed by atoms with E-state index in [1.165, 1.54) is 4.90 Å². The number of rotatable bonds is 1. The van der Waals surface area contributed by atoms with Crippen LogP contribution in [-0.2, 0) is 13.1 Å². The zero-order valence-electron chi connectivity index (χ0n) is 8.94. The normalized spacial score (nSPS) is 13.8. The maximum absolute atomic E-state index is 10.9. The third-order valence-corrected chi connectivity index (χ3v) is 2.60. The first-order valence-electron chi connectivity index (χ1n) is 4.69. The molecule has 0 aliphatic carbocycles. The molecule has 16 heavy (non-hydrogen) atoms. The van der Waals surface area contributed by atoms with Gasteiger partial charge in [0, 0.05) is 19.7 Å². The van der Waals surface area contributed by atoms with Gasteiger partial charge >= 0.3 is 6.09 Å². The van der Waals surface area contributed by atoms with Gasteiger partial charge in [-0.05, 0) is 11.6 Å². The molecule has 1 aromatic rings. The number of hydrogen-bond donors (Lipinski definition) is 1. The summed E-state index contributed by atoms with van der Waals surface area (Å²) in [6.45, 7) is 0.586. The Morgan fingerprint density at radius 1 is 1.44 bits per heavy atom. The highest BCUT2D eigenvalue weighted by Crippen LogP contribution is 2.29. The highest BCUT2D eigenvalue weighted by Gasteiger charge is 2.28. The Morgan fingerprint density at radius 3 is 2.69 bits per heavy atom. The Bertz CT molecular complexity index is 449. The van der Waals surface area contributed by atoms with E-state index in [0.717, 1.165) is 5.56 Å². The van der Waals surface area contributed by atoms with E-state index in [4.69, 9.17) is 16.7 Å². The molecule has 1 aliphatic rings. The van der Waals surface area contributed by atoms with Crippen LogP contribution in [0, 0.1) is 0 Å². The molecule has 6 nitrogen and oxygen atoms in total. The van der Waals surface area contributed by atoms with Crippen molar-refractivity contribution in [2.75, 3.05) is 19.0 Å². The maximum Gasteiger partial charge on any atom is 0.407 e. The van der Waals surface area contributed by atoms with E-state index in [9.17, 15) is 4.79 Å². The molecule has 0 bridgehead atoms. The van der Waals surface area contributed by atoms with Crippen LogP contribution in [0.3, 0.4) is 0 Å². The van der Waals surface area contributed by atoms with E-state index in [1.54, 1.807) is 4.90 Å². The van der Waals surface area contributed by atoms with Gasteiger partial charge in [0.1, 0.15) is 5.82 Å². The van der Waals surface area contributed by atoms with Crippen LogP contribution in [0.4, 0.5) is 10.6 Å². The van der Waals surface area contributed by atoms with Crippen LogP contribution in [0.5, 0.6) is 0 Å². The zero-order chi connectivity index (χ0) is 11.9. The van der Waals surface area contributed by atoms with Gasteiger partial charge in [0.15, 0.2) is 0 Å². The number of carbonyl (C=O) groups is 1. The summed E-state index contributed by atoms with van der Waals surface area (Å²) < 4.78 is 0. The van der Waals surface area contributed by atoms with Crippen LogP contribution in [-0.4, -0.2) is 40.2 Å². The quantitative estimate of drug-likeness (QED) is 0.749. The summed E-state index contributed by atoms with van der Waals surface area (Å²) in [6, 6.07) is 0. The third kappa shape index (κ3) is 1.76. The molecule has 86 valence electrons. The van der Waals surface area contributed by atoms with Crippen molar-refractivity contribution in [3.63, 3.8) is 0 Å². The van der Waals surface area contributed by atoms with Crippen LogP contribution in [0.1, 0.15) is 11.3 Å². The van der Waals surface area contributed by atoms with Gasteiger partial charge < -0.3 is 10.0 Å². The maximum atomic E-state index is 10.9. The Morgan fingerprint density at radius 2 is 2.12 bits per heavy atom. The minimum absolute atomic E-state index is 0.148. The van der Waals surface area contributed by atoms with E-state index < -0.39 is 6.09 Å². The SMILES string of the molecule is CN(C)c1nc(Cl)nc2c1CN(C(=O)O)C2. The first-order valence-corrected chi connectivity index (χ1v) is 5.07. The summed E-state index contributed by atoms with van der Waals surface area (Å²) in [4.78, 5) is 22.1. The second-order valence-corrected chi connectivity index (χ2v) is 4.11. The van der Waals surface area contributed by atoms with Gasteiger partial charge in [0.2, 0.25) is 5.28 Å². The lowest BCUT2D eigenvalue weighted by atomic mass is 10.2. The molecule has 7 heteroatoms. The number of halogens is 1. The average molecular weight is 243 g/mol. The van der Waals surface area contributed by atoms with E-state index in [-0.39, 0.29) is 11.8 Å². The minimum Gasteiger partial charge on any atom is -0.465 e. The van der Waals surface area contributed by atoms with Crippen molar-refractivity contribution in [1.82, 2.24) is 14.9 Å². The highest BCUT2D eigenvalue weighted by molar-refractivity contribution is 6.28. The molecule has 1 aromatic heterocycles. The number of aromatic nitrogens is 2. The summed E-state index contributed by atoms with van der Waals surface area (Å²) in [6.07, 6.45) is -0.959. The molecule has 1 N–H and O–H groups in total. The van der Waals surface area contributed by atoms with Crippen molar-refractivity contribution < 1.29 is 9.90 Å². The van der Waals surface area contributed by atoms with Gasteiger partial charge in [-0.3, -0.25) is 4.90 Å². The Balaban J connectivity index is 2.44. The molecular weight excluding hydrogens is 232 g/mol. The summed E-state index contributed by atoms with van der Waals surface area (Å²) in [5.74, 6) is 0.679. The second-order valence-electron chi connectivity index (χ2n) is 3.77. The molecule has 2 rings (SSSR count). The molecule has 0 spiro atoms. The summed E-state index contributed by atoms with van der Waals surface area (Å²) >= 11 is 5.79. The fraction of sp³-hybridized carbons (Fsp3) is 0.444. The molecule has 0 aromatic carbocycles. The summed E-state index contributed by atoms with van der Waals surface area (Å²) in [5.41, 5.74) is 1.52. The topological polar surface area (TPSA) is 69.6 Å². The zero-order valence-corrected chi connectivity index (χ0v) is 9.69. The van der Waals surface area contributed by atoms with Crippen molar-refractivity contribution in [1.29, 1.82) is 0 Å². The lowest BCUT2D eigenvalue weighted by Crippen LogP contribution is -2.23.